The van der Waals surface area contributed by atoms with E-state index in [0.717, 1.165) is 44.3 Å². The summed E-state index contributed by atoms with van der Waals surface area (Å²) in [6.07, 6.45) is 6.07. The molecule has 2 aliphatic carbocycles. The van der Waals surface area contributed by atoms with E-state index in [-0.39, 0.29) is 29.1 Å². The minimum absolute atomic E-state index is 0.0334. The standard InChI is InChI=1S/C18H27N5O2/c1-11-5-7-18(2,9-11)17(25)19-13-6-8-23(10-13)16(24)15-20-14(21-22-15)12-3-4-12/h11-13H,3-10H2,1-2H3,(H,19,25)(H,20,21,22)/t11?,13-,18?/m1/s1. The van der Waals surface area contributed by atoms with Gasteiger partial charge in [-0.25, -0.2) is 4.98 Å². The Bertz CT molecular complexity index is 683. The molecule has 1 aliphatic heterocycles. The second kappa shape index (κ2) is 6.11. The number of aromatic amines is 1. The normalized spacial score (nSPS) is 32.2. The molecule has 2 saturated carbocycles. The monoisotopic (exact) mass is 345 g/mol. The summed E-state index contributed by atoms with van der Waals surface area (Å²) in [7, 11) is 0. The molecule has 4 rings (SSSR count). The number of H-pyrrole nitrogens is 1. The third-order valence-electron chi connectivity index (χ3n) is 6.00. The van der Waals surface area contributed by atoms with Crippen molar-refractivity contribution in [2.45, 2.75) is 64.3 Å². The van der Waals surface area contributed by atoms with Crippen molar-refractivity contribution in [2.24, 2.45) is 11.3 Å². The minimum Gasteiger partial charge on any atom is -0.351 e. The summed E-state index contributed by atoms with van der Waals surface area (Å²) < 4.78 is 0. The first kappa shape index (κ1) is 16.5. The molecule has 1 aromatic heterocycles. The van der Waals surface area contributed by atoms with E-state index in [2.05, 4.69) is 34.3 Å². The molecule has 2 heterocycles. The maximum atomic E-state index is 12.7. The summed E-state index contributed by atoms with van der Waals surface area (Å²) in [6.45, 7) is 5.46. The molecule has 2 unspecified atom stereocenters. The van der Waals surface area contributed by atoms with Gasteiger partial charge in [-0.1, -0.05) is 13.8 Å². The van der Waals surface area contributed by atoms with E-state index >= 15 is 0 Å². The van der Waals surface area contributed by atoms with Crippen LogP contribution >= 0.6 is 0 Å². The highest BCUT2D eigenvalue weighted by Gasteiger charge is 2.41. The van der Waals surface area contributed by atoms with Crippen LogP contribution in [0.5, 0.6) is 0 Å². The summed E-state index contributed by atoms with van der Waals surface area (Å²) in [6, 6.07) is 0.0334. The van der Waals surface area contributed by atoms with Gasteiger partial charge >= 0.3 is 0 Å². The lowest BCUT2D eigenvalue weighted by Gasteiger charge is -2.25. The molecule has 2 N–H and O–H groups in total. The Labute approximate surface area is 148 Å². The first-order valence-corrected chi connectivity index (χ1v) is 9.47. The lowest BCUT2D eigenvalue weighted by Crippen LogP contribution is -2.44. The largest absolute Gasteiger partial charge is 0.351 e. The Kier molecular flexibility index (Phi) is 4.04. The highest BCUT2D eigenvalue weighted by atomic mass is 16.2. The third kappa shape index (κ3) is 3.28. The van der Waals surface area contributed by atoms with E-state index in [1.165, 1.54) is 0 Å². The number of rotatable bonds is 4. The van der Waals surface area contributed by atoms with Crippen molar-refractivity contribution in [1.82, 2.24) is 25.4 Å². The quantitative estimate of drug-likeness (QED) is 0.871. The van der Waals surface area contributed by atoms with Gasteiger partial charge in [0.1, 0.15) is 5.82 Å². The Morgan fingerprint density at radius 1 is 1.28 bits per heavy atom. The van der Waals surface area contributed by atoms with Gasteiger partial charge in [0.15, 0.2) is 0 Å². The maximum Gasteiger partial charge on any atom is 0.293 e. The molecule has 3 aliphatic rings. The summed E-state index contributed by atoms with van der Waals surface area (Å²) in [5, 5.41) is 10.1. The topological polar surface area (TPSA) is 91.0 Å². The van der Waals surface area contributed by atoms with Crippen molar-refractivity contribution < 1.29 is 9.59 Å². The van der Waals surface area contributed by atoms with Crippen molar-refractivity contribution >= 4 is 11.8 Å². The third-order valence-corrected chi connectivity index (χ3v) is 6.00. The summed E-state index contributed by atoms with van der Waals surface area (Å²) in [4.78, 5) is 31.3. The molecular weight excluding hydrogens is 318 g/mol. The Morgan fingerprint density at radius 3 is 2.76 bits per heavy atom. The van der Waals surface area contributed by atoms with Gasteiger partial charge in [-0.05, 0) is 44.4 Å². The van der Waals surface area contributed by atoms with Gasteiger partial charge in [0.2, 0.25) is 11.7 Å². The average Bonchev–Trinajstić information content (AvgIpc) is 2.99. The van der Waals surface area contributed by atoms with Gasteiger partial charge in [0.05, 0.1) is 0 Å². The van der Waals surface area contributed by atoms with Crippen LogP contribution in [0.25, 0.3) is 0 Å². The zero-order chi connectivity index (χ0) is 17.6. The summed E-state index contributed by atoms with van der Waals surface area (Å²) in [5.74, 6) is 2.16. The van der Waals surface area contributed by atoms with Gasteiger partial charge in [-0.15, -0.1) is 5.10 Å². The fourth-order valence-electron chi connectivity index (χ4n) is 4.22. The first-order chi connectivity index (χ1) is 11.9. The Morgan fingerprint density at radius 2 is 2.08 bits per heavy atom. The molecule has 0 spiro atoms. The zero-order valence-corrected chi connectivity index (χ0v) is 15.0. The number of likely N-dealkylation sites (tertiary alicyclic amines) is 1. The molecule has 7 nitrogen and oxygen atoms in total. The van der Waals surface area contributed by atoms with E-state index in [4.69, 9.17) is 0 Å². The van der Waals surface area contributed by atoms with E-state index < -0.39 is 0 Å². The van der Waals surface area contributed by atoms with E-state index in [1.54, 1.807) is 4.90 Å². The van der Waals surface area contributed by atoms with Crippen LogP contribution in [0.4, 0.5) is 0 Å². The SMILES string of the molecule is CC1CCC(C)(C(=O)N[C@@H]2CCN(C(=O)c3n[nH]c(C4CC4)n3)C2)C1. The molecular formula is C18H27N5O2. The summed E-state index contributed by atoms with van der Waals surface area (Å²) in [5.41, 5.74) is -0.250. The molecule has 0 aromatic carbocycles. The number of nitrogens with zero attached hydrogens (tertiary/aromatic N) is 3. The van der Waals surface area contributed by atoms with Crippen LogP contribution in [0.1, 0.15) is 74.7 Å². The number of carbonyl (C=O) groups excluding carboxylic acids is 2. The Hall–Kier alpha value is -1.92. The highest BCUT2D eigenvalue weighted by molar-refractivity contribution is 5.90. The maximum absolute atomic E-state index is 12.7. The lowest BCUT2D eigenvalue weighted by atomic mass is 9.86. The zero-order valence-electron chi connectivity index (χ0n) is 15.0. The molecule has 136 valence electrons. The number of aromatic nitrogens is 3. The summed E-state index contributed by atoms with van der Waals surface area (Å²) >= 11 is 0. The molecule has 7 heteroatoms. The van der Waals surface area contributed by atoms with Crippen LogP contribution < -0.4 is 5.32 Å². The van der Waals surface area contributed by atoms with Gasteiger partial charge in [-0.3, -0.25) is 14.7 Å². The molecule has 1 saturated heterocycles. The van der Waals surface area contributed by atoms with Crippen molar-refractivity contribution in [3.63, 3.8) is 0 Å². The molecule has 2 amide bonds. The predicted octanol–water partition coefficient (Wildman–Crippen LogP) is 1.84. The van der Waals surface area contributed by atoms with Crippen LogP contribution in [0.2, 0.25) is 0 Å². The lowest BCUT2D eigenvalue weighted by molar-refractivity contribution is -0.130. The van der Waals surface area contributed by atoms with E-state index in [9.17, 15) is 9.59 Å². The average molecular weight is 345 g/mol. The van der Waals surface area contributed by atoms with Crippen LogP contribution in [-0.4, -0.2) is 51.0 Å². The highest BCUT2D eigenvalue weighted by Crippen LogP contribution is 2.41. The molecule has 0 bridgehead atoms. The predicted molar refractivity (Wildman–Crippen MR) is 91.9 cm³/mol. The minimum atomic E-state index is -0.250. The molecule has 3 atom stereocenters. The van der Waals surface area contributed by atoms with Crippen LogP contribution in [0.3, 0.4) is 0 Å². The number of hydrogen-bond donors (Lipinski definition) is 2. The van der Waals surface area contributed by atoms with Crippen LogP contribution in [0.15, 0.2) is 0 Å². The van der Waals surface area contributed by atoms with Crippen LogP contribution in [-0.2, 0) is 4.79 Å². The Balaban J connectivity index is 1.33. The van der Waals surface area contributed by atoms with Crippen molar-refractivity contribution in [3.8, 4) is 0 Å². The second-order valence-electron chi connectivity index (χ2n) is 8.44. The number of amides is 2. The number of hydrogen-bond acceptors (Lipinski definition) is 4. The van der Waals surface area contributed by atoms with E-state index in [0.29, 0.717) is 24.9 Å². The van der Waals surface area contributed by atoms with Gasteiger partial charge in [-0.2, -0.15) is 0 Å². The van der Waals surface area contributed by atoms with E-state index in [1.807, 2.05) is 0 Å². The molecule has 3 fully saturated rings. The van der Waals surface area contributed by atoms with Crippen LogP contribution in [0, 0.1) is 11.3 Å². The van der Waals surface area contributed by atoms with Gasteiger partial charge < -0.3 is 10.2 Å². The molecule has 1 aromatic rings. The fourth-order valence-corrected chi connectivity index (χ4v) is 4.22. The van der Waals surface area contributed by atoms with Crippen molar-refractivity contribution in [2.75, 3.05) is 13.1 Å². The molecule has 0 radical (unpaired) electrons. The van der Waals surface area contributed by atoms with Crippen molar-refractivity contribution in [1.29, 1.82) is 0 Å². The first-order valence-electron chi connectivity index (χ1n) is 9.47. The number of nitrogens with one attached hydrogen (secondary N) is 2. The smallest absolute Gasteiger partial charge is 0.293 e. The number of carbonyl (C=O) groups is 2. The van der Waals surface area contributed by atoms with Gasteiger partial charge in [0, 0.05) is 30.5 Å². The second-order valence-corrected chi connectivity index (χ2v) is 8.44. The fraction of sp³-hybridized carbons (Fsp3) is 0.778. The molecule has 25 heavy (non-hydrogen) atoms. The van der Waals surface area contributed by atoms with Crippen molar-refractivity contribution in [3.05, 3.63) is 11.6 Å². The van der Waals surface area contributed by atoms with Gasteiger partial charge in [0.25, 0.3) is 5.91 Å².